The average Bonchev–Trinajstić information content (AvgIpc) is 2.72. The van der Waals surface area contributed by atoms with Gasteiger partial charge in [-0.25, -0.2) is 9.78 Å². The number of ether oxygens (including phenoxy) is 2. The molecule has 0 bridgehead atoms. The number of thiazole rings is 1. The third-order valence-corrected chi connectivity index (χ3v) is 3.88. The Morgan fingerprint density at radius 3 is 2.43 bits per heavy atom. The molecule has 0 fully saturated rings. The summed E-state index contributed by atoms with van der Waals surface area (Å²) in [5, 5.41) is 3.61. The summed E-state index contributed by atoms with van der Waals surface area (Å²) < 4.78 is 10.3. The van der Waals surface area contributed by atoms with Crippen molar-refractivity contribution >= 4 is 23.2 Å². The summed E-state index contributed by atoms with van der Waals surface area (Å²) in [6.45, 7) is 9.58. The van der Waals surface area contributed by atoms with Crippen LogP contribution in [0.2, 0.25) is 0 Å². The van der Waals surface area contributed by atoms with Gasteiger partial charge in [0.05, 0.1) is 5.01 Å². The van der Waals surface area contributed by atoms with Crippen LogP contribution in [0.5, 0.6) is 0 Å². The van der Waals surface area contributed by atoms with Crippen LogP contribution in [0.25, 0.3) is 0 Å². The number of nitrogens with zero attached hydrogens (tertiary/aromatic N) is 1. The second-order valence-electron chi connectivity index (χ2n) is 6.39. The lowest BCUT2D eigenvalue weighted by molar-refractivity contribution is 0.0490. The van der Waals surface area contributed by atoms with Gasteiger partial charge in [0.15, 0.2) is 5.78 Å². The summed E-state index contributed by atoms with van der Waals surface area (Å²) in [5.41, 5.74) is -0.0939. The number of nitrogens with one attached hydrogen (secondary N) is 1. The molecule has 1 aromatic rings. The molecule has 130 valence electrons. The van der Waals surface area contributed by atoms with Crippen molar-refractivity contribution in [1.29, 1.82) is 0 Å². The van der Waals surface area contributed by atoms with E-state index >= 15 is 0 Å². The van der Waals surface area contributed by atoms with Crippen LogP contribution in [0, 0.1) is 13.8 Å². The first-order chi connectivity index (χ1) is 10.6. The van der Waals surface area contributed by atoms with E-state index in [2.05, 4.69) is 10.3 Å². The lowest BCUT2D eigenvalue weighted by atomic mass is 10.1. The van der Waals surface area contributed by atoms with Crippen LogP contribution in [0.4, 0.5) is 4.79 Å². The van der Waals surface area contributed by atoms with E-state index in [-0.39, 0.29) is 18.2 Å². The minimum atomic E-state index is -0.581. The largest absolute Gasteiger partial charge is 0.444 e. The van der Waals surface area contributed by atoms with Crippen LogP contribution in [0.3, 0.4) is 0 Å². The second-order valence-corrected chi connectivity index (χ2v) is 7.80. The smallest absolute Gasteiger partial charge is 0.407 e. The van der Waals surface area contributed by atoms with Gasteiger partial charge in [0.2, 0.25) is 0 Å². The van der Waals surface area contributed by atoms with Crippen LogP contribution in [-0.2, 0) is 9.47 Å². The molecule has 0 aliphatic rings. The van der Waals surface area contributed by atoms with Crippen molar-refractivity contribution in [1.82, 2.24) is 10.3 Å². The van der Waals surface area contributed by atoms with Gasteiger partial charge in [-0.1, -0.05) is 0 Å². The average molecular weight is 342 g/mol. The monoisotopic (exact) mass is 342 g/mol. The Morgan fingerprint density at radius 1 is 1.30 bits per heavy atom. The fourth-order valence-electron chi connectivity index (χ4n) is 2.07. The number of ketones is 1. The summed E-state index contributed by atoms with van der Waals surface area (Å²) in [6, 6.07) is -0.348. The molecular formula is C16H26N2O4S. The number of carbonyl (C=O) groups excluding carboxylic acids is 2. The Bertz CT molecular complexity index is 549. The molecule has 0 spiro atoms. The maximum atomic E-state index is 12.4. The Balaban J connectivity index is 2.72. The highest BCUT2D eigenvalue weighted by Crippen LogP contribution is 2.19. The van der Waals surface area contributed by atoms with E-state index in [0.29, 0.717) is 18.7 Å². The van der Waals surface area contributed by atoms with Crippen molar-refractivity contribution < 1.29 is 19.1 Å². The standard InChI is InChI=1S/C16H26N2O4S/c1-10-14(17-11(2)23-10)13(19)9-12(7-8-21-6)18-15(20)22-16(3,4)5/h12H,7-9H2,1-6H3,(H,18,20). The summed E-state index contributed by atoms with van der Waals surface area (Å²) >= 11 is 1.50. The number of rotatable bonds is 7. The molecule has 1 heterocycles. The maximum absolute atomic E-state index is 12.4. The van der Waals surface area contributed by atoms with E-state index in [4.69, 9.17) is 9.47 Å². The van der Waals surface area contributed by atoms with Crippen molar-refractivity contribution in [3.63, 3.8) is 0 Å². The van der Waals surface area contributed by atoms with Crippen LogP contribution in [0.15, 0.2) is 0 Å². The Labute approximate surface area is 141 Å². The molecule has 7 heteroatoms. The van der Waals surface area contributed by atoms with E-state index in [1.807, 2.05) is 13.8 Å². The van der Waals surface area contributed by atoms with Crippen molar-refractivity contribution in [3.8, 4) is 0 Å². The van der Waals surface area contributed by atoms with Gasteiger partial charge in [-0.3, -0.25) is 4.79 Å². The van der Waals surface area contributed by atoms with Gasteiger partial charge < -0.3 is 14.8 Å². The number of aromatic nitrogens is 1. The molecule has 1 atom stereocenters. The molecule has 0 aromatic carbocycles. The van der Waals surface area contributed by atoms with E-state index in [1.165, 1.54) is 11.3 Å². The van der Waals surface area contributed by atoms with Crippen LogP contribution in [0.1, 0.15) is 54.0 Å². The van der Waals surface area contributed by atoms with Gasteiger partial charge in [-0.05, 0) is 41.0 Å². The third-order valence-electron chi connectivity index (χ3n) is 2.99. The van der Waals surface area contributed by atoms with Crippen molar-refractivity contribution in [2.24, 2.45) is 0 Å². The summed E-state index contributed by atoms with van der Waals surface area (Å²) in [4.78, 5) is 29.5. The van der Waals surface area contributed by atoms with Gasteiger partial charge in [-0.15, -0.1) is 11.3 Å². The number of hydrogen-bond donors (Lipinski definition) is 1. The second kappa shape index (κ2) is 8.40. The molecule has 1 rings (SSSR count). The van der Waals surface area contributed by atoms with Crippen LogP contribution < -0.4 is 5.32 Å². The zero-order chi connectivity index (χ0) is 17.6. The summed E-state index contributed by atoms with van der Waals surface area (Å²) in [6.07, 6.45) is 0.175. The molecule has 0 saturated carbocycles. The molecule has 1 aromatic heterocycles. The lowest BCUT2D eigenvalue weighted by Crippen LogP contribution is -2.40. The van der Waals surface area contributed by atoms with E-state index in [0.717, 1.165) is 9.88 Å². The predicted molar refractivity (Wildman–Crippen MR) is 90.2 cm³/mol. The first-order valence-electron chi connectivity index (χ1n) is 7.58. The van der Waals surface area contributed by atoms with Crippen molar-refractivity contribution in [2.75, 3.05) is 13.7 Å². The van der Waals surface area contributed by atoms with Crippen LogP contribution >= 0.6 is 11.3 Å². The molecular weight excluding hydrogens is 316 g/mol. The lowest BCUT2D eigenvalue weighted by Gasteiger charge is -2.23. The highest BCUT2D eigenvalue weighted by molar-refractivity contribution is 7.11. The molecule has 1 N–H and O–H groups in total. The van der Waals surface area contributed by atoms with Gasteiger partial charge in [0.1, 0.15) is 11.3 Å². The van der Waals surface area contributed by atoms with E-state index in [9.17, 15) is 9.59 Å². The molecule has 0 saturated heterocycles. The van der Waals surface area contributed by atoms with Gasteiger partial charge in [0.25, 0.3) is 0 Å². The van der Waals surface area contributed by atoms with E-state index < -0.39 is 11.7 Å². The number of aryl methyl sites for hydroxylation is 2. The van der Waals surface area contributed by atoms with Gasteiger partial charge >= 0.3 is 6.09 Å². The zero-order valence-corrected chi connectivity index (χ0v) is 15.5. The Hall–Kier alpha value is -1.47. The van der Waals surface area contributed by atoms with Crippen molar-refractivity contribution in [2.45, 2.75) is 59.1 Å². The number of Topliss-reactive ketones (excluding diaryl/α,β-unsaturated/α-hetero) is 1. The molecule has 6 nitrogen and oxygen atoms in total. The van der Waals surface area contributed by atoms with Gasteiger partial charge in [0, 0.05) is 31.1 Å². The molecule has 23 heavy (non-hydrogen) atoms. The minimum absolute atomic E-state index is 0.0796. The highest BCUT2D eigenvalue weighted by atomic mass is 32.1. The molecule has 1 unspecified atom stereocenters. The third kappa shape index (κ3) is 7.09. The first kappa shape index (κ1) is 19.6. The molecule has 0 aliphatic carbocycles. The van der Waals surface area contributed by atoms with E-state index in [1.54, 1.807) is 27.9 Å². The van der Waals surface area contributed by atoms with Crippen molar-refractivity contribution in [3.05, 3.63) is 15.6 Å². The fourth-order valence-corrected chi connectivity index (χ4v) is 2.90. The Kier molecular flexibility index (Phi) is 7.15. The molecule has 0 aliphatic heterocycles. The Morgan fingerprint density at radius 2 is 1.96 bits per heavy atom. The number of hydrogen-bond acceptors (Lipinski definition) is 6. The number of amides is 1. The topological polar surface area (TPSA) is 77.5 Å². The summed E-state index contributed by atoms with van der Waals surface area (Å²) in [7, 11) is 1.58. The number of alkyl carbamates (subject to hydrolysis) is 1. The number of methoxy groups -OCH3 is 1. The van der Waals surface area contributed by atoms with Crippen LogP contribution in [-0.4, -0.2) is 42.2 Å². The van der Waals surface area contributed by atoms with Gasteiger partial charge in [-0.2, -0.15) is 0 Å². The quantitative estimate of drug-likeness (QED) is 0.770. The molecule has 1 amide bonds. The SMILES string of the molecule is COCCC(CC(=O)c1nc(C)sc1C)NC(=O)OC(C)(C)C. The predicted octanol–water partition coefficient (Wildman–Crippen LogP) is 3.26. The summed E-state index contributed by atoms with van der Waals surface area (Å²) in [5.74, 6) is -0.0796. The number of carbonyl (C=O) groups is 2. The normalized spacial score (nSPS) is 12.8. The zero-order valence-electron chi connectivity index (χ0n) is 14.7. The minimum Gasteiger partial charge on any atom is -0.444 e. The maximum Gasteiger partial charge on any atom is 0.407 e. The first-order valence-corrected chi connectivity index (χ1v) is 8.39. The fraction of sp³-hybridized carbons (Fsp3) is 0.688. The highest BCUT2D eigenvalue weighted by Gasteiger charge is 2.23. The molecule has 0 radical (unpaired) electrons.